The zero-order valence-electron chi connectivity index (χ0n) is 11.2. The quantitative estimate of drug-likeness (QED) is 0.908. The van der Waals surface area contributed by atoms with E-state index in [0.717, 1.165) is 6.07 Å². The molecule has 2 rings (SSSR count). The molecule has 0 heterocycles. The van der Waals surface area contributed by atoms with E-state index in [9.17, 15) is 18.4 Å². The minimum atomic E-state index is -0.766. The molecule has 0 radical (unpaired) electrons. The molecule has 2 aromatic rings. The maximum absolute atomic E-state index is 13.6. The zero-order valence-corrected chi connectivity index (χ0v) is 12.0. The first-order valence-electron chi connectivity index (χ1n) is 6.25. The van der Waals surface area contributed by atoms with E-state index in [2.05, 4.69) is 10.6 Å². The number of rotatable bonds is 4. The van der Waals surface area contributed by atoms with Crippen molar-refractivity contribution < 1.29 is 18.4 Å². The summed E-state index contributed by atoms with van der Waals surface area (Å²) >= 11 is 5.58. The summed E-state index contributed by atoms with van der Waals surface area (Å²) in [5.41, 5.74) is -0.276. The predicted octanol–water partition coefficient (Wildman–Crippen LogP) is 2.99. The molecule has 0 aliphatic carbocycles. The highest BCUT2D eigenvalue weighted by molar-refractivity contribution is 6.31. The van der Waals surface area contributed by atoms with Gasteiger partial charge in [0, 0.05) is 0 Å². The second-order valence-corrected chi connectivity index (χ2v) is 4.72. The molecule has 7 heteroatoms. The third-order valence-electron chi connectivity index (χ3n) is 2.75. The van der Waals surface area contributed by atoms with Crippen LogP contribution in [0.15, 0.2) is 42.5 Å². The Bertz CT molecular complexity index is 722. The molecule has 0 aliphatic heterocycles. The van der Waals surface area contributed by atoms with E-state index in [-0.39, 0.29) is 16.3 Å². The van der Waals surface area contributed by atoms with E-state index in [4.69, 9.17) is 11.6 Å². The minimum absolute atomic E-state index is 0.0994. The van der Waals surface area contributed by atoms with Gasteiger partial charge in [0.25, 0.3) is 5.91 Å². The molecule has 114 valence electrons. The third kappa shape index (κ3) is 3.79. The molecule has 4 nitrogen and oxygen atoms in total. The zero-order chi connectivity index (χ0) is 16.1. The number of carbonyl (C=O) groups is 2. The lowest BCUT2D eigenvalue weighted by molar-refractivity contribution is -0.115. The van der Waals surface area contributed by atoms with Gasteiger partial charge in [-0.05, 0) is 24.3 Å². The highest BCUT2D eigenvalue weighted by atomic mass is 35.5. The standard InChI is InChI=1S/C15H11ClF2N2O2/c16-10-5-3-7-12(14(10)18)20-13(21)8-19-15(22)9-4-1-2-6-11(9)17/h1-7H,8H2,(H,19,22)(H,20,21). The average molecular weight is 325 g/mol. The molecule has 0 saturated heterocycles. The Morgan fingerprint density at radius 3 is 2.50 bits per heavy atom. The Hall–Kier alpha value is -2.47. The van der Waals surface area contributed by atoms with Crippen LogP contribution in [0.1, 0.15) is 10.4 Å². The van der Waals surface area contributed by atoms with Crippen LogP contribution in [-0.2, 0) is 4.79 Å². The molecule has 0 fully saturated rings. The van der Waals surface area contributed by atoms with Gasteiger partial charge in [-0.3, -0.25) is 9.59 Å². The van der Waals surface area contributed by atoms with Crippen molar-refractivity contribution in [2.75, 3.05) is 11.9 Å². The second-order valence-electron chi connectivity index (χ2n) is 4.31. The minimum Gasteiger partial charge on any atom is -0.343 e. The van der Waals surface area contributed by atoms with Crippen molar-refractivity contribution in [3.05, 3.63) is 64.7 Å². The lowest BCUT2D eigenvalue weighted by atomic mass is 10.2. The maximum atomic E-state index is 13.6. The molecule has 2 amide bonds. The van der Waals surface area contributed by atoms with Gasteiger partial charge < -0.3 is 10.6 Å². The molecule has 0 aliphatic rings. The largest absolute Gasteiger partial charge is 0.343 e. The maximum Gasteiger partial charge on any atom is 0.254 e. The van der Waals surface area contributed by atoms with Gasteiger partial charge >= 0.3 is 0 Å². The molecule has 0 saturated carbocycles. The number of anilines is 1. The van der Waals surface area contributed by atoms with Crippen molar-refractivity contribution in [3.8, 4) is 0 Å². The topological polar surface area (TPSA) is 58.2 Å². The van der Waals surface area contributed by atoms with Gasteiger partial charge in [-0.2, -0.15) is 0 Å². The Morgan fingerprint density at radius 2 is 1.77 bits per heavy atom. The monoisotopic (exact) mass is 324 g/mol. The van der Waals surface area contributed by atoms with E-state index in [1.165, 1.54) is 36.4 Å². The van der Waals surface area contributed by atoms with Crippen LogP contribution in [0.3, 0.4) is 0 Å². The lowest BCUT2D eigenvalue weighted by Crippen LogP contribution is -2.33. The molecule has 0 aromatic heterocycles. The van der Waals surface area contributed by atoms with Crippen LogP contribution in [0.4, 0.5) is 14.5 Å². The van der Waals surface area contributed by atoms with Gasteiger partial charge in [0.05, 0.1) is 22.8 Å². The summed E-state index contributed by atoms with van der Waals surface area (Å²) in [6.45, 7) is -0.431. The highest BCUT2D eigenvalue weighted by Gasteiger charge is 2.13. The summed E-state index contributed by atoms with van der Waals surface area (Å²) in [7, 11) is 0. The molecular formula is C15H11ClF2N2O2. The lowest BCUT2D eigenvalue weighted by Gasteiger charge is -2.08. The van der Waals surface area contributed by atoms with Gasteiger partial charge in [-0.15, -0.1) is 0 Å². The number of benzene rings is 2. The number of carbonyl (C=O) groups excluding carboxylic acids is 2. The van der Waals surface area contributed by atoms with Crippen molar-refractivity contribution in [2.45, 2.75) is 0 Å². The van der Waals surface area contributed by atoms with Crippen LogP contribution in [0.5, 0.6) is 0 Å². The first kappa shape index (κ1) is 15.9. The van der Waals surface area contributed by atoms with Crippen LogP contribution in [0.25, 0.3) is 0 Å². The normalized spacial score (nSPS) is 10.1. The fraction of sp³-hybridized carbons (Fsp3) is 0.0667. The third-order valence-corrected chi connectivity index (χ3v) is 3.05. The summed E-state index contributed by atoms with van der Waals surface area (Å²) in [5.74, 6) is -2.86. The number of amides is 2. The van der Waals surface area contributed by atoms with Gasteiger partial charge in [-0.1, -0.05) is 29.8 Å². The van der Waals surface area contributed by atoms with Crippen LogP contribution >= 0.6 is 11.6 Å². The first-order chi connectivity index (χ1) is 10.5. The first-order valence-corrected chi connectivity index (χ1v) is 6.63. The van der Waals surface area contributed by atoms with E-state index >= 15 is 0 Å². The van der Waals surface area contributed by atoms with Gasteiger partial charge in [-0.25, -0.2) is 8.78 Å². The molecule has 2 N–H and O–H groups in total. The van der Waals surface area contributed by atoms with Gasteiger partial charge in [0.15, 0.2) is 5.82 Å². The second kappa shape index (κ2) is 7.00. The van der Waals surface area contributed by atoms with Crippen molar-refractivity contribution in [3.63, 3.8) is 0 Å². The van der Waals surface area contributed by atoms with Crippen molar-refractivity contribution >= 4 is 29.1 Å². The summed E-state index contributed by atoms with van der Waals surface area (Å²) < 4.78 is 27.0. The number of hydrogen-bond donors (Lipinski definition) is 2. The van der Waals surface area contributed by atoms with Crippen LogP contribution in [-0.4, -0.2) is 18.4 Å². The van der Waals surface area contributed by atoms with E-state index in [0.29, 0.717) is 0 Å². The SMILES string of the molecule is O=C(CNC(=O)c1ccccc1F)Nc1cccc(Cl)c1F. The van der Waals surface area contributed by atoms with E-state index in [1.54, 1.807) is 0 Å². The predicted molar refractivity (Wildman–Crippen MR) is 78.8 cm³/mol. The fourth-order valence-corrected chi connectivity index (χ4v) is 1.87. The van der Waals surface area contributed by atoms with E-state index < -0.39 is 30.0 Å². The van der Waals surface area contributed by atoms with Crippen LogP contribution in [0.2, 0.25) is 5.02 Å². The average Bonchev–Trinajstić information content (AvgIpc) is 2.50. The van der Waals surface area contributed by atoms with Gasteiger partial charge in [0.2, 0.25) is 5.91 Å². The molecule has 0 bridgehead atoms. The molecule has 0 spiro atoms. The number of hydrogen-bond acceptors (Lipinski definition) is 2. The van der Waals surface area contributed by atoms with E-state index in [1.807, 2.05) is 0 Å². The Labute approximate surface area is 130 Å². The smallest absolute Gasteiger partial charge is 0.254 e. The summed E-state index contributed by atoms with van der Waals surface area (Å²) in [6, 6.07) is 9.51. The number of nitrogens with one attached hydrogen (secondary N) is 2. The summed E-state index contributed by atoms with van der Waals surface area (Å²) in [5, 5.41) is 4.38. The molecular weight excluding hydrogens is 314 g/mol. The van der Waals surface area contributed by atoms with Gasteiger partial charge in [0.1, 0.15) is 5.82 Å². The molecule has 2 aromatic carbocycles. The fourth-order valence-electron chi connectivity index (χ4n) is 1.70. The van der Waals surface area contributed by atoms with Crippen molar-refractivity contribution in [1.82, 2.24) is 5.32 Å². The van der Waals surface area contributed by atoms with Crippen molar-refractivity contribution in [1.29, 1.82) is 0 Å². The molecule has 0 atom stereocenters. The summed E-state index contributed by atoms with van der Waals surface area (Å²) in [4.78, 5) is 23.4. The Balaban J connectivity index is 1.95. The Morgan fingerprint density at radius 1 is 1.05 bits per heavy atom. The molecule has 0 unspecified atom stereocenters. The summed E-state index contributed by atoms with van der Waals surface area (Å²) in [6.07, 6.45) is 0. The van der Waals surface area contributed by atoms with Crippen LogP contribution in [0, 0.1) is 11.6 Å². The number of halogens is 3. The highest BCUT2D eigenvalue weighted by Crippen LogP contribution is 2.21. The van der Waals surface area contributed by atoms with Crippen molar-refractivity contribution in [2.24, 2.45) is 0 Å². The van der Waals surface area contributed by atoms with Crippen LogP contribution < -0.4 is 10.6 Å². The Kier molecular flexibility index (Phi) is 5.06. The molecule has 22 heavy (non-hydrogen) atoms.